The molecule has 0 heterocycles. The Morgan fingerprint density at radius 1 is 1.65 bits per heavy atom. The Labute approximate surface area is 97.4 Å². The molecular formula is C10H13N3O4. The van der Waals surface area contributed by atoms with Crippen molar-refractivity contribution in [2.45, 2.75) is 13.0 Å². The number of aliphatic hydroxyl groups is 1. The molecule has 0 aliphatic heterocycles. The van der Waals surface area contributed by atoms with Crippen molar-refractivity contribution < 1.29 is 14.8 Å². The number of aryl methyl sites for hydroxylation is 1. The fourth-order valence-corrected chi connectivity index (χ4v) is 1.29. The van der Waals surface area contributed by atoms with E-state index in [2.05, 4.69) is 5.32 Å². The highest BCUT2D eigenvalue weighted by atomic mass is 16.6. The van der Waals surface area contributed by atoms with Crippen LogP contribution in [0.5, 0.6) is 0 Å². The van der Waals surface area contributed by atoms with E-state index in [4.69, 9.17) is 10.8 Å². The van der Waals surface area contributed by atoms with Crippen LogP contribution in [0.4, 0.5) is 11.4 Å². The molecule has 0 radical (unpaired) electrons. The average Bonchev–Trinajstić information content (AvgIpc) is 2.25. The van der Waals surface area contributed by atoms with Gasteiger partial charge in [-0.05, 0) is 19.1 Å². The summed E-state index contributed by atoms with van der Waals surface area (Å²) >= 11 is 0. The van der Waals surface area contributed by atoms with Gasteiger partial charge >= 0.3 is 0 Å². The van der Waals surface area contributed by atoms with Crippen LogP contribution in [-0.2, 0) is 4.79 Å². The summed E-state index contributed by atoms with van der Waals surface area (Å²) in [6, 6.07) is 4.42. The Hall–Kier alpha value is -2.15. The molecule has 7 heteroatoms. The fourth-order valence-electron chi connectivity index (χ4n) is 1.29. The molecule has 1 atom stereocenters. The number of nitro groups is 1. The second kappa shape index (κ2) is 5.26. The van der Waals surface area contributed by atoms with Gasteiger partial charge in [-0.2, -0.15) is 0 Å². The number of hydrogen-bond acceptors (Lipinski definition) is 5. The van der Waals surface area contributed by atoms with Gasteiger partial charge in [-0.25, -0.2) is 0 Å². The highest BCUT2D eigenvalue weighted by Gasteiger charge is 2.12. The maximum atomic E-state index is 10.6. The molecule has 0 aromatic heterocycles. The van der Waals surface area contributed by atoms with Crippen molar-refractivity contribution in [3.63, 3.8) is 0 Å². The number of nitrogens with two attached hydrogens (primary N) is 1. The van der Waals surface area contributed by atoms with E-state index < -0.39 is 16.9 Å². The zero-order chi connectivity index (χ0) is 13.0. The first-order valence-corrected chi connectivity index (χ1v) is 4.88. The number of hydrogen-bond donors (Lipinski definition) is 3. The molecule has 0 spiro atoms. The third kappa shape index (κ3) is 3.42. The van der Waals surface area contributed by atoms with Crippen molar-refractivity contribution in [2.24, 2.45) is 5.73 Å². The molecule has 0 bridgehead atoms. The number of amides is 1. The predicted octanol–water partition coefficient (Wildman–Crippen LogP) is 0.161. The number of carbonyl (C=O) groups is 1. The monoisotopic (exact) mass is 239 g/mol. The van der Waals surface area contributed by atoms with E-state index in [1.807, 2.05) is 0 Å². The minimum atomic E-state index is -1.29. The number of rotatable bonds is 5. The van der Waals surface area contributed by atoms with Crippen LogP contribution in [0.1, 0.15) is 5.56 Å². The maximum Gasteiger partial charge on any atom is 0.272 e. The van der Waals surface area contributed by atoms with E-state index in [1.54, 1.807) is 13.0 Å². The first-order valence-electron chi connectivity index (χ1n) is 4.88. The zero-order valence-corrected chi connectivity index (χ0v) is 9.21. The Kier molecular flexibility index (Phi) is 4.00. The number of nitrogens with one attached hydrogen (secondary N) is 1. The van der Waals surface area contributed by atoms with E-state index in [0.29, 0.717) is 11.3 Å². The topological polar surface area (TPSA) is 118 Å². The third-order valence-corrected chi connectivity index (χ3v) is 2.22. The van der Waals surface area contributed by atoms with Crippen molar-refractivity contribution >= 4 is 17.3 Å². The lowest BCUT2D eigenvalue weighted by Crippen LogP contribution is -2.34. The summed E-state index contributed by atoms with van der Waals surface area (Å²) in [5.74, 6) is -0.823. The lowest BCUT2D eigenvalue weighted by molar-refractivity contribution is -0.385. The number of anilines is 1. The molecule has 17 heavy (non-hydrogen) atoms. The first kappa shape index (κ1) is 12.9. The molecule has 1 aromatic rings. The SMILES string of the molecule is Cc1cc(NCC(O)C(N)=O)ccc1[N+](=O)[O-]. The van der Waals surface area contributed by atoms with E-state index >= 15 is 0 Å². The standard InChI is InChI=1S/C10H13N3O4/c1-6-4-7(2-3-8(6)13(16)17)12-5-9(14)10(11)15/h2-4,9,12,14H,5H2,1H3,(H2,11,15). The van der Waals surface area contributed by atoms with Crippen molar-refractivity contribution in [2.75, 3.05) is 11.9 Å². The van der Waals surface area contributed by atoms with Gasteiger partial charge in [0, 0.05) is 23.9 Å². The van der Waals surface area contributed by atoms with Crippen molar-refractivity contribution in [3.8, 4) is 0 Å². The minimum Gasteiger partial charge on any atom is -0.382 e. The van der Waals surface area contributed by atoms with Gasteiger partial charge in [0.2, 0.25) is 5.91 Å². The smallest absolute Gasteiger partial charge is 0.272 e. The quantitative estimate of drug-likeness (QED) is 0.499. The van der Waals surface area contributed by atoms with Gasteiger partial charge in [-0.1, -0.05) is 0 Å². The van der Waals surface area contributed by atoms with Crippen LogP contribution in [-0.4, -0.2) is 28.6 Å². The number of carbonyl (C=O) groups excluding carboxylic acids is 1. The summed E-state index contributed by atoms with van der Waals surface area (Å²) < 4.78 is 0. The van der Waals surface area contributed by atoms with Gasteiger partial charge in [0.15, 0.2) is 0 Å². The highest BCUT2D eigenvalue weighted by Crippen LogP contribution is 2.21. The number of primary amides is 1. The first-order chi connectivity index (χ1) is 7.91. The molecule has 1 aromatic carbocycles. The van der Waals surface area contributed by atoms with Crippen LogP contribution in [0.15, 0.2) is 18.2 Å². The van der Waals surface area contributed by atoms with Gasteiger partial charge in [0.1, 0.15) is 6.10 Å². The molecule has 0 aliphatic carbocycles. The highest BCUT2D eigenvalue weighted by molar-refractivity contribution is 5.79. The molecular weight excluding hydrogens is 226 g/mol. The van der Waals surface area contributed by atoms with Gasteiger partial charge in [-0.15, -0.1) is 0 Å². The number of nitrogens with zero attached hydrogens (tertiary/aromatic N) is 1. The molecule has 0 saturated heterocycles. The summed E-state index contributed by atoms with van der Waals surface area (Å²) in [5.41, 5.74) is 5.97. The summed E-state index contributed by atoms with van der Waals surface area (Å²) in [5, 5.41) is 22.5. The van der Waals surface area contributed by atoms with Gasteiger partial charge in [0.25, 0.3) is 5.69 Å². The molecule has 0 saturated carbocycles. The lowest BCUT2D eigenvalue weighted by atomic mass is 10.2. The lowest BCUT2D eigenvalue weighted by Gasteiger charge is -2.10. The number of nitro benzene ring substituents is 1. The van der Waals surface area contributed by atoms with Gasteiger partial charge in [-0.3, -0.25) is 14.9 Å². The zero-order valence-electron chi connectivity index (χ0n) is 9.21. The summed E-state index contributed by atoms with van der Waals surface area (Å²) in [6.07, 6.45) is -1.29. The molecule has 92 valence electrons. The number of aliphatic hydroxyl groups excluding tert-OH is 1. The average molecular weight is 239 g/mol. The van der Waals surface area contributed by atoms with Crippen molar-refractivity contribution in [3.05, 3.63) is 33.9 Å². The molecule has 1 unspecified atom stereocenters. The molecule has 1 amide bonds. The number of benzene rings is 1. The van der Waals surface area contributed by atoms with Crippen molar-refractivity contribution in [1.29, 1.82) is 0 Å². The molecule has 7 nitrogen and oxygen atoms in total. The second-order valence-corrected chi connectivity index (χ2v) is 3.56. The molecule has 0 aliphatic rings. The van der Waals surface area contributed by atoms with Crippen LogP contribution < -0.4 is 11.1 Å². The van der Waals surface area contributed by atoms with Crippen molar-refractivity contribution in [1.82, 2.24) is 0 Å². The van der Waals surface area contributed by atoms with E-state index in [-0.39, 0.29) is 12.2 Å². The Balaban J connectivity index is 2.71. The van der Waals surface area contributed by atoms with E-state index in [1.165, 1.54) is 12.1 Å². The summed E-state index contributed by atoms with van der Waals surface area (Å²) in [4.78, 5) is 20.7. The summed E-state index contributed by atoms with van der Waals surface area (Å²) in [7, 11) is 0. The summed E-state index contributed by atoms with van der Waals surface area (Å²) in [6.45, 7) is 1.57. The van der Waals surface area contributed by atoms with Crippen LogP contribution in [0.3, 0.4) is 0 Å². The largest absolute Gasteiger partial charge is 0.382 e. The van der Waals surface area contributed by atoms with Gasteiger partial charge in [0.05, 0.1) is 4.92 Å². The fraction of sp³-hybridized carbons (Fsp3) is 0.300. The molecule has 4 N–H and O–H groups in total. The van der Waals surface area contributed by atoms with E-state index in [0.717, 1.165) is 0 Å². The maximum absolute atomic E-state index is 10.6. The second-order valence-electron chi connectivity index (χ2n) is 3.56. The molecule has 0 fully saturated rings. The Bertz CT molecular complexity index is 447. The van der Waals surface area contributed by atoms with Crippen LogP contribution >= 0.6 is 0 Å². The van der Waals surface area contributed by atoms with Crippen LogP contribution in [0.25, 0.3) is 0 Å². The Morgan fingerprint density at radius 2 is 2.29 bits per heavy atom. The third-order valence-electron chi connectivity index (χ3n) is 2.22. The normalized spacial score (nSPS) is 11.9. The van der Waals surface area contributed by atoms with Gasteiger partial charge < -0.3 is 16.2 Å². The van der Waals surface area contributed by atoms with Crippen LogP contribution in [0.2, 0.25) is 0 Å². The minimum absolute atomic E-state index is 0.0194. The van der Waals surface area contributed by atoms with E-state index in [9.17, 15) is 14.9 Å². The predicted molar refractivity (Wildman–Crippen MR) is 61.5 cm³/mol. The Morgan fingerprint density at radius 3 is 2.76 bits per heavy atom. The van der Waals surface area contributed by atoms with Crippen LogP contribution in [0, 0.1) is 17.0 Å². The molecule has 1 rings (SSSR count).